The fourth-order valence-electron chi connectivity index (χ4n) is 2.37. The lowest BCUT2D eigenvalue weighted by atomic mass is 9.90. The van der Waals surface area contributed by atoms with Gasteiger partial charge in [0.15, 0.2) is 0 Å². The first-order valence-electron chi connectivity index (χ1n) is 6.62. The third-order valence-corrected chi connectivity index (χ3v) is 3.42. The summed E-state index contributed by atoms with van der Waals surface area (Å²) in [6.07, 6.45) is 0.0207. The molecule has 2 rings (SSSR count). The Morgan fingerprint density at radius 3 is 2.50 bits per heavy atom. The molecule has 2 aromatic carbocycles. The van der Waals surface area contributed by atoms with E-state index < -0.39 is 16.8 Å². The van der Waals surface area contributed by atoms with Crippen molar-refractivity contribution in [3.8, 4) is 5.75 Å². The SMILES string of the molecule is COc1ccccc1C(Cc1ccccc1[N+](=O)[O-])C(=O)O. The Morgan fingerprint density at radius 2 is 1.86 bits per heavy atom. The molecule has 1 atom stereocenters. The number of carboxylic acids is 1. The molecule has 0 fully saturated rings. The number of nitro groups is 1. The summed E-state index contributed by atoms with van der Waals surface area (Å²) >= 11 is 0. The van der Waals surface area contributed by atoms with Gasteiger partial charge in [-0.2, -0.15) is 0 Å². The Hall–Kier alpha value is -2.89. The summed E-state index contributed by atoms with van der Waals surface area (Å²) in [6, 6.07) is 12.9. The van der Waals surface area contributed by atoms with Crippen molar-refractivity contribution in [1.29, 1.82) is 0 Å². The molecule has 6 nitrogen and oxygen atoms in total. The Labute approximate surface area is 127 Å². The molecule has 22 heavy (non-hydrogen) atoms. The minimum atomic E-state index is -1.05. The number of hydrogen-bond acceptors (Lipinski definition) is 4. The van der Waals surface area contributed by atoms with E-state index in [1.54, 1.807) is 42.5 Å². The van der Waals surface area contributed by atoms with Gasteiger partial charge in [-0.3, -0.25) is 14.9 Å². The Bertz CT molecular complexity index is 698. The molecule has 0 saturated heterocycles. The third kappa shape index (κ3) is 3.22. The summed E-state index contributed by atoms with van der Waals surface area (Å²) in [5, 5.41) is 20.6. The molecule has 6 heteroatoms. The predicted molar refractivity (Wildman–Crippen MR) is 80.2 cm³/mol. The van der Waals surface area contributed by atoms with Crippen LogP contribution >= 0.6 is 0 Å². The normalized spacial score (nSPS) is 11.7. The van der Waals surface area contributed by atoms with Gasteiger partial charge in [0.05, 0.1) is 18.0 Å². The number of para-hydroxylation sites is 2. The molecule has 0 heterocycles. The highest BCUT2D eigenvalue weighted by atomic mass is 16.6. The van der Waals surface area contributed by atoms with Crippen LogP contribution in [0.15, 0.2) is 48.5 Å². The van der Waals surface area contributed by atoms with Crippen molar-refractivity contribution in [3.05, 3.63) is 69.8 Å². The smallest absolute Gasteiger partial charge is 0.311 e. The summed E-state index contributed by atoms with van der Waals surface area (Å²) in [6.45, 7) is 0. The lowest BCUT2D eigenvalue weighted by Crippen LogP contribution is -2.16. The Kier molecular flexibility index (Phi) is 4.73. The van der Waals surface area contributed by atoms with E-state index in [4.69, 9.17) is 4.74 Å². The van der Waals surface area contributed by atoms with Crippen molar-refractivity contribution in [2.24, 2.45) is 0 Å². The standard InChI is InChI=1S/C16H15NO5/c1-22-15-9-5-3-7-12(15)13(16(18)19)10-11-6-2-4-8-14(11)17(20)21/h2-9,13H,10H2,1H3,(H,18,19). The molecule has 0 radical (unpaired) electrons. The van der Waals surface area contributed by atoms with Crippen molar-refractivity contribution in [2.75, 3.05) is 7.11 Å². The second kappa shape index (κ2) is 6.71. The second-order valence-corrected chi connectivity index (χ2v) is 4.72. The van der Waals surface area contributed by atoms with E-state index in [2.05, 4.69) is 0 Å². The van der Waals surface area contributed by atoms with Gasteiger partial charge >= 0.3 is 5.97 Å². The highest BCUT2D eigenvalue weighted by molar-refractivity contribution is 5.78. The van der Waals surface area contributed by atoms with Crippen LogP contribution in [0.25, 0.3) is 0 Å². The van der Waals surface area contributed by atoms with E-state index in [-0.39, 0.29) is 12.1 Å². The summed E-state index contributed by atoms with van der Waals surface area (Å²) in [5.74, 6) is -1.52. The molecule has 0 aliphatic heterocycles. The maximum atomic E-state index is 11.6. The zero-order valence-corrected chi connectivity index (χ0v) is 11.9. The quantitative estimate of drug-likeness (QED) is 0.654. The van der Waals surface area contributed by atoms with E-state index >= 15 is 0 Å². The molecule has 114 valence electrons. The molecular weight excluding hydrogens is 286 g/mol. The largest absolute Gasteiger partial charge is 0.496 e. The van der Waals surface area contributed by atoms with E-state index in [0.717, 1.165) is 0 Å². The highest BCUT2D eigenvalue weighted by Gasteiger charge is 2.26. The van der Waals surface area contributed by atoms with Crippen molar-refractivity contribution < 1.29 is 19.6 Å². The minimum absolute atomic E-state index is 0.0207. The van der Waals surface area contributed by atoms with Gasteiger partial charge in [0.25, 0.3) is 5.69 Å². The summed E-state index contributed by atoms with van der Waals surface area (Å²) < 4.78 is 5.19. The monoisotopic (exact) mass is 301 g/mol. The number of methoxy groups -OCH3 is 1. The van der Waals surface area contributed by atoms with Gasteiger partial charge < -0.3 is 9.84 Å². The van der Waals surface area contributed by atoms with Crippen LogP contribution in [0.5, 0.6) is 5.75 Å². The lowest BCUT2D eigenvalue weighted by Gasteiger charge is -2.16. The summed E-state index contributed by atoms with van der Waals surface area (Å²) in [7, 11) is 1.46. The van der Waals surface area contributed by atoms with Crippen LogP contribution in [-0.2, 0) is 11.2 Å². The molecule has 0 aliphatic rings. The molecule has 0 aromatic heterocycles. The molecule has 0 bridgehead atoms. The first-order chi connectivity index (χ1) is 10.5. The fourth-order valence-corrected chi connectivity index (χ4v) is 2.37. The van der Waals surface area contributed by atoms with Gasteiger partial charge in [-0.15, -0.1) is 0 Å². The van der Waals surface area contributed by atoms with E-state index in [9.17, 15) is 20.0 Å². The topological polar surface area (TPSA) is 89.7 Å². The summed E-state index contributed by atoms with van der Waals surface area (Å²) in [5.41, 5.74) is 0.796. The first-order valence-corrected chi connectivity index (χ1v) is 6.62. The number of aliphatic carboxylic acids is 1. The first kappa shape index (κ1) is 15.5. The number of hydrogen-bond donors (Lipinski definition) is 1. The zero-order chi connectivity index (χ0) is 16.1. The van der Waals surface area contributed by atoms with E-state index in [0.29, 0.717) is 16.9 Å². The fraction of sp³-hybridized carbons (Fsp3) is 0.188. The Balaban J connectivity index is 2.43. The van der Waals surface area contributed by atoms with Gasteiger partial charge in [-0.25, -0.2) is 0 Å². The van der Waals surface area contributed by atoms with Crippen LogP contribution in [0.1, 0.15) is 17.0 Å². The molecule has 0 saturated carbocycles. The molecule has 1 N–H and O–H groups in total. The van der Waals surface area contributed by atoms with Gasteiger partial charge in [-0.1, -0.05) is 36.4 Å². The number of ether oxygens (including phenoxy) is 1. The van der Waals surface area contributed by atoms with E-state index in [1.165, 1.54) is 13.2 Å². The van der Waals surface area contributed by atoms with Crippen LogP contribution in [0.3, 0.4) is 0 Å². The number of nitro benzene ring substituents is 1. The van der Waals surface area contributed by atoms with Crippen LogP contribution < -0.4 is 4.74 Å². The maximum Gasteiger partial charge on any atom is 0.311 e. The Morgan fingerprint density at radius 1 is 1.23 bits per heavy atom. The van der Waals surface area contributed by atoms with Crippen LogP contribution in [0.2, 0.25) is 0 Å². The molecule has 0 aliphatic carbocycles. The molecule has 0 amide bonds. The molecule has 1 unspecified atom stereocenters. The van der Waals surface area contributed by atoms with Crippen LogP contribution in [0, 0.1) is 10.1 Å². The number of rotatable bonds is 6. The van der Waals surface area contributed by atoms with Gasteiger partial charge in [0.1, 0.15) is 5.75 Å². The molecule has 0 spiro atoms. The summed E-state index contributed by atoms with van der Waals surface area (Å²) in [4.78, 5) is 22.2. The number of benzene rings is 2. The van der Waals surface area contributed by atoms with Crippen molar-refractivity contribution in [3.63, 3.8) is 0 Å². The van der Waals surface area contributed by atoms with Crippen molar-refractivity contribution in [2.45, 2.75) is 12.3 Å². The third-order valence-electron chi connectivity index (χ3n) is 3.42. The number of carboxylic acid groups (broad SMARTS) is 1. The minimum Gasteiger partial charge on any atom is -0.496 e. The van der Waals surface area contributed by atoms with Crippen LogP contribution in [-0.4, -0.2) is 23.1 Å². The maximum absolute atomic E-state index is 11.6. The average molecular weight is 301 g/mol. The number of nitrogens with zero attached hydrogens (tertiary/aromatic N) is 1. The van der Waals surface area contributed by atoms with Gasteiger partial charge in [0.2, 0.25) is 0 Å². The van der Waals surface area contributed by atoms with Crippen molar-refractivity contribution in [1.82, 2.24) is 0 Å². The number of carbonyl (C=O) groups is 1. The van der Waals surface area contributed by atoms with Crippen molar-refractivity contribution >= 4 is 11.7 Å². The van der Waals surface area contributed by atoms with Gasteiger partial charge in [-0.05, 0) is 12.5 Å². The second-order valence-electron chi connectivity index (χ2n) is 4.72. The molecule has 2 aromatic rings. The highest BCUT2D eigenvalue weighted by Crippen LogP contribution is 2.31. The van der Waals surface area contributed by atoms with Crippen LogP contribution in [0.4, 0.5) is 5.69 Å². The average Bonchev–Trinajstić information content (AvgIpc) is 2.52. The lowest BCUT2D eigenvalue weighted by molar-refractivity contribution is -0.385. The predicted octanol–water partition coefficient (Wildman–Crippen LogP) is 3.01. The van der Waals surface area contributed by atoms with Gasteiger partial charge in [0, 0.05) is 17.2 Å². The zero-order valence-electron chi connectivity index (χ0n) is 11.9. The molecular formula is C16H15NO5. The van der Waals surface area contributed by atoms with E-state index in [1.807, 2.05) is 0 Å².